The van der Waals surface area contributed by atoms with Gasteiger partial charge in [-0.25, -0.2) is 9.18 Å². The number of benzene rings is 2. The number of carbonyl (C=O) groups excluding carboxylic acids is 2. The highest BCUT2D eigenvalue weighted by atomic mass is 19.1. The molecular formula is C21H15FN2O4. The highest BCUT2D eigenvalue weighted by Crippen LogP contribution is 2.23. The number of hydrogen-bond acceptors (Lipinski definition) is 5. The van der Waals surface area contributed by atoms with Gasteiger partial charge in [0, 0.05) is 5.56 Å². The van der Waals surface area contributed by atoms with Crippen LogP contribution in [0.2, 0.25) is 0 Å². The molecule has 1 N–H and O–H groups in total. The van der Waals surface area contributed by atoms with Gasteiger partial charge in [0.25, 0.3) is 5.91 Å². The number of carbonyl (C=O) groups is 2. The van der Waals surface area contributed by atoms with Crippen LogP contribution in [0.1, 0.15) is 23.0 Å². The van der Waals surface area contributed by atoms with Crippen molar-refractivity contribution in [3.05, 3.63) is 77.8 Å². The summed E-state index contributed by atoms with van der Waals surface area (Å²) >= 11 is 0. The molecule has 0 radical (unpaired) electrons. The minimum Gasteiger partial charge on any atom is -0.449 e. The van der Waals surface area contributed by atoms with Crippen molar-refractivity contribution >= 4 is 17.6 Å². The second-order valence-corrected chi connectivity index (χ2v) is 5.86. The Bertz CT molecular complexity index is 1050. The van der Waals surface area contributed by atoms with Gasteiger partial charge in [0.1, 0.15) is 17.6 Å². The Labute approximate surface area is 160 Å². The monoisotopic (exact) mass is 378 g/mol. The number of halogens is 1. The molecule has 1 atom stereocenters. The van der Waals surface area contributed by atoms with Crippen molar-refractivity contribution in [1.29, 1.82) is 5.26 Å². The van der Waals surface area contributed by atoms with Crippen molar-refractivity contribution in [2.75, 3.05) is 5.32 Å². The number of rotatable bonds is 5. The number of amides is 1. The van der Waals surface area contributed by atoms with Crippen LogP contribution in [0.15, 0.2) is 65.1 Å². The number of furan rings is 1. The van der Waals surface area contributed by atoms with Crippen LogP contribution < -0.4 is 5.32 Å². The molecule has 0 spiro atoms. The van der Waals surface area contributed by atoms with E-state index < -0.39 is 18.0 Å². The van der Waals surface area contributed by atoms with Gasteiger partial charge < -0.3 is 14.5 Å². The minimum atomic E-state index is -1.11. The molecule has 1 aromatic heterocycles. The average molecular weight is 378 g/mol. The fourth-order valence-electron chi connectivity index (χ4n) is 2.41. The zero-order valence-electron chi connectivity index (χ0n) is 14.8. The topological polar surface area (TPSA) is 92.3 Å². The summed E-state index contributed by atoms with van der Waals surface area (Å²) in [7, 11) is 0. The molecule has 1 amide bonds. The summed E-state index contributed by atoms with van der Waals surface area (Å²) in [6.45, 7) is 1.41. The van der Waals surface area contributed by atoms with Crippen molar-refractivity contribution in [2.45, 2.75) is 13.0 Å². The predicted molar refractivity (Wildman–Crippen MR) is 98.8 cm³/mol. The van der Waals surface area contributed by atoms with E-state index in [2.05, 4.69) is 5.32 Å². The lowest BCUT2D eigenvalue weighted by atomic mass is 10.2. The summed E-state index contributed by atoms with van der Waals surface area (Å²) in [5.41, 5.74) is 1.22. The van der Waals surface area contributed by atoms with E-state index in [9.17, 15) is 14.0 Å². The van der Waals surface area contributed by atoms with Crippen molar-refractivity contribution in [3.8, 4) is 17.4 Å². The quantitative estimate of drug-likeness (QED) is 0.674. The standard InChI is InChI=1S/C21H15FN2O4/c1-13(20(25)24-17-5-3-2-4-15(17)12-23)27-21(26)19-11-10-18(28-19)14-6-8-16(22)9-7-14/h2-11,13H,1H3,(H,24,25). The normalized spacial score (nSPS) is 11.3. The summed E-state index contributed by atoms with van der Waals surface area (Å²) in [5, 5.41) is 11.6. The predicted octanol–water partition coefficient (Wildman–Crippen LogP) is 4.14. The van der Waals surface area contributed by atoms with Crippen molar-refractivity contribution in [3.63, 3.8) is 0 Å². The minimum absolute atomic E-state index is 0.0867. The van der Waals surface area contributed by atoms with Crippen LogP contribution in [-0.2, 0) is 9.53 Å². The van der Waals surface area contributed by atoms with E-state index in [1.54, 1.807) is 30.3 Å². The Kier molecular flexibility index (Phi) is 5.51. The maximum atomic E-state index is 13.0. The Morgan fingerprint density at radius 2 is 1.82 bits per heavy atom. The first kappa shape index (κ1) is 18.9. The number of nitriles is 1. The lowest BCUT2D eigenvalue weighted by Gasteiger charge is -2.13. The molecule has 0 saturated heterocycles. The number of hydrogen-bond donors (Lipinski definition) is 1. The number of nitrogens with zero attached hydrogens (tertiary/aromatic N) is 1. The Hall–Kier alpha value is -3.92. The van der Waals surface area contributed by atoms with E-state index in [1.165, 1.54) is 37.3 Å². The smallest absolute Gasteiger partial charge is 0.375 e. The zero-order chi connectivity index (χ0) is 20.1. The molecule has 0 saturated carbocycles. The van der Waals surface area contributed by atoms with E-state index in [-0.39, 0.29) is 11.6 Å². The molecule has 3 rings (SSSR count). The van der Waals surface area contributed by atoms with Gasteiger partial charge in [-0.2, -0.15) is 5.26 Å². The van der Waals surface area contributed by atoms with Crippen LogP contribution in [0.25, 0.3) is 11.3 Å². The van der Waals surface area contributed by atoms with Gasteiger partial charge in [0.15, 0.2) is 6.10 Å². The third-order valence-corrected chi connectivity index (χ3v) is 3.89. The number of para-hydroxylation sites is 1. The first-order chi connectivity index (χ1) is 13.5. The molecule has 2 aromatic carbocycles. The van der Waals surface area contributed by atoms with Crippen molar-refractivity contribution in [2.24, 2.45) is 0 Å². The lowest BCUT2D eigenvalue weighted by Crippen LogP contribution is -2.30. The van der Waals surface area contributed by atoms with Gasteiger partial charge >= 0.3 is 5.97 Å². The molecule has 0 bridgehead atoms. The number of esters is 1. The van der Waals surface area contributed by atoms with Gasteiger partial charge in [-0.3, -0.25) is 4.79 Å². The third kappa shape index (κ3) is 4.24. The molecule has 1 unspecified atom stereocenters. The van der Waals surface area contributed by atoms with Crippen molar-refractivity contribution in [1.82, 2.24) is 0 Å². The highest BCUT2D eigenvalue weighted by Gasteiger charge is 2.22. The van der Waals surface area contributed by atoms with Crippen LogP contribution in [0, 0.1) is 17.1 Å². The summed E-state index contributed by atoms with van der Waals surface area (Å²) in [5.74, 6) is -1.50. The Morgan fingerprint density at radius 3 is 2.54 bits per heavy atom. The van der Waals surface area contributed by atoms with Gasteiger partial charge in [-0.05, 0) is 55.5 Å². The maximum Gasteiger partial charge on any atom is 0.375 e. The summed E-state index contributed by atoms with van der Waals surface area (Å²) in [4.78, 5) is 24.5. The van der Waals surface area contributed by atoms with Crippen molar-refractivity contribution < 1.29 is 23.1 Å². The number of anilines is 1. The van der Waals surface area contributed by atoms with E-state index >= 15 is 0 Å². The van der Waals surface area contributed by atoms with Crippen LogP contribution >= 0.6 is 0 Å². The van der Waals surface area contributed by atoms with Crippen LogP contribution in [0.5, 0.6) is 0 Å². The van der Waals surface area contributed by atoms with Crippen LogP contribution in [0.4, 0.5) is 10.1 Å². The molecule has 28 heavy (non-hydrogen) atoms. The van der Waals surface area contributed by atoms with Gasteiger partial charge in [0.2, 0.25) is 5.76 Å². The SMILES string of the molecule is CC(OC(=O)c1ccc(-c2ccc(F)cc2)o1)C(=O)Nc1ccccc1C#N. The molecule has 0 fully saturated rings. The van der Waals surface area contributed by atoms with Gasteiger partial charge in [-0.15, -0.1) is 0 Å². The fraction of sp³-hybridized carbons (Fsp3) is 0.0952. The number of ether oxygens (including phenoxy) is 1. The molecule has 7 heteroatoms. The molecule has 140 valence electrons. The third-order valence-electron chi connectivity index (χ3n) is 3.89. The second kappa shape index (κ2) is 8.18. The summed E-state index contributed by atoms with van der Waals surface area (Å²) < 4.78 is 23.6. The first-order valence-corrected chi connectivity index (χ1v) is 8.34. The number of nitrogens with one attached hydrogen (secondary N) is 1. The van der Waals surface area contributed by atoms with Crippen LogP contribution in [0.3, 0.4) is 0 Å². The molecule has 0 aliphatic heterocycles. The van der Waals surface area contributed by atoms with E-state index in [0.29, 0.717) is 22.6 Å². The van der Waals surface area contributed by atoms with Gasteiger partial charge in [-0.1, -0.05) is 12.1 Å². The fourth-order valence-corrected chi connectivity index (χ4v) is 2.41. The first-order valence-electron chi connectivity index (χ1n) is 8.34. The zero-order valence-corrected chi connectivity index (χ0v) is 14.8. The maximum absolute atomic E-state index is 13.0. The largest absolute Gasteiger partial charge is 0.449 e. The molecule has 3 aromatic rings. The van der Waals surface area contributed by atoms with E-state index in [0.717, 1.165) is 0 Å². The molecular weight excluding hydrogens is 363 g/mol. The highest BCUT2D eigenvalue weighted by molar-refractivity contribution is 5.97. The van der Waals surface area contributed by atoms with Crippen LogP contribution in [-0.4, -0.2) is 18.0 Å². The average Bonchev–Trinajstić information content (AvgIpc) is 3.19. The van der Waals surface area contributed by atoms with E-state index in [1.807, 2.05) is 6.07 Å². The molecule has 0 aliphatic rings. The Balaban J connectivity index is 1.65. The lowest BCUT2D eigenvalue weighted by molar-refractivity contribution is -0.123. The summed E-state index contributed by atoms with van der Waals surface area (Å²) in [6.07, 6.45) is -1.11. The summed E-state index contributed by atoms with van der Waals surface area (Å²) in [6, 6.07) is 17.0. The molecule has 6 nitrogen and oxygen atoms in total. The van der Waals surface area contributed by atoms with E-state index in [4.69, 9.17) is 14.4 Å². The Morgan fingerprint density at radius 1 is 1.11 bits per heavy atom. The molecule has 0 aliphatic carbocycles. The second-order valence-electron chi connectivity index (χ2n) is 5.86. The molecule has 1 heterocycles. The van der Waals surface area contributed by atoms with Gasteiger partial charge in [0.05, 0.1) is 11.3 Å².